The molecular formula is C17H28N6O3. The van der Waals surface area contributed by atoms with Gasteiger partial charge in [-0.15, -0.1) is 0 Å². The Labute approximate surface area is 153 Å². The summed E-state index contributed by atoms with van der Waals surface area (Å²) in [6.45, 7) is 9.60. The normalized spacial score (nSPS) is 11.6. The number of non-ortho nitro benzene ring substituents is 1. The first-order valence-electron chi connectivity index (χ1n) is 8.53. The molecule has 9 heteroatoms. The van der Waals surface area contributed by atoms with Crippen molar-refractivity contribution in [1.82, 2.24) is 16.0 Å². The van der Waals surface area contributed by atoms with Crippen LogP contribution in [0, 0.1) is 10.1 Å². The molecule has 0 spiro atoms. The highest BCUT2D eigenvalue weighted by molar-refractivity contribution is 5.85. The molecular weight excluding hydrogens is 336 g/mol. The number of nitrogens with zero attached hydrogens (tertiary/aromatic N) is 2. The molecule has 0 aliphatic rings. The van der Waals surface area contributed by atoms with Crippen molar-refractivity contribution < 1.29 is 9.72 Å². The standard InChI is InChI=1S/C17H28N6O3/c1-5-18-16(21-12-15(24)22-17(2,3)4)20-11-10-19-13-6-8-14(9-7-13)23(25)26/h6-9,19H,5,10-12H2,1-4H3,(H,22,24)(H2,18,20,21). The first kappa shape index (κ1) is 21.2. The summed E-state index contributed by atoms with van der Waals surface area (Å²) in [6.07, 6.45) is 0. The average Bonchev–Trinajstić information content (AvgIpc) is 2.55. The molecule has 1 amide bonds. The molecule has 9 nitrogen and oxygen atoms in total. The first-order valence-corrected chi connectivity index (χ1v) is 8.53. The van der Waals surface area contributed by atoms with Gasteiger partial charge in [0.25, 0.3) is 5.69 Å². The summed E-state index contributed by atoms with van der Waals surface area (Å²) >= 11 is 0. The number of rotatable bonds is 8. The van der Waals surface area contributed by atoms with E-state index in [0.717, 1.165) is 5.69 Å². The summed E-state index contributed by atoms with van der Waals surface area (Å²) in [5, 5.41) is 22.8. The molecule has 0 fully saturated rings. The van der Waals surface area contributed by atoms with Crippen LogP contribution in [-0.4, -0.2) is 48.5 Å². The van der Waals surface area contributed by atoms with Gasteiger partial charge < -0.3 is 21.3 Å². The lowest BCUT2D eigenvalue weighted by Gasteiger charge is -2.20. The SMILES string of the molecule is CCNC(=NCC(=O)NC(C)(C)C)NCCNc1ccc([N+](=O)[O-])cc1. The van der Waals surface area contributed by atoms with E-state index in [1.54, 1.807) is 12.1 Å². The van der Waals surface area contributed by atoms with Gasteiger partial charge in [-0.3, -0.25) is 14.9 Å². The third kappa shape index (κ3) is 8.86. The van der Waals surface area contributed by atoms with Crippen molar-refractivity contribution in [2.75, 3.05) is 31.5 Å². The Bertz CT molecular complexity index is 622. The highest BCUT2D eigenvalue weighted by Crippen LogP contribution is 2.14. The molecule has 1 aromatic rings. The molecule has 0 atom stereocenters. The van der Waals surface area contributed by atoms with Gasteiger partial charge in [-0.1, -0.05) is 0 Å². The number of benzene rings is 1. The lowest BCUT2D eigenvalue weighted by Crippen LogP contribution is -2.43. The molecule has 0 aromatic heterocycles. The van der Waals surface area contributed by atoms with Crippen molar-refractivity contribution in [3.8, 4) is 0 Å². The van der Waals surface area contributed by atoms with E-state index in [9.17, 15) is 14.9 Å². The molecule has 1 aromatic carbocycles. The number of nitro groups is 1. The number of nitro benzene ring substituents is 1. The Morgan fingerprint density at radius 3 is 2.35 bits per heavy atom. The Morgan fingerprint density at radius 1 is 1.15 bits per heavy atom. The van der Waals surface area contributed by atoms with Gasteiger partial charge in [-0.25, -0.2) is 4.99 Å². The van der Waals surface area contributed by atoms with Crippen molar-refractivity contribution in [3.05, 3.63) is 34.4 Å². The van der Waals surface area contributed by atoms with Crippen molar-refractivity contribution in [2.45, 2.75) is 33.2 Å². The van der Waals surface area contributed by atoms with Gasteiger partial charge in [-0.2, -0.15) is 0 Å². The molecule has 0 heterocycles. The second-order valence-electron chi connectivity index (χ2n) is 6.65. The number of hydrogen-bond acceptors (Lipinski definition) is 5. The molecule has 0 saturated carbocycles. The predicted octanol–water partition coefficient (Wildman–Crippen LogP) is 1.48. The topological polar surface area (TPSA) is 121 Å². The van der Waals surface area contributed by atoms with Gasteiger partial charge >= 0.3 is 0 Å². The van der Waals surface area contributed by atoms with Crippen LogP contribution in [0.15, 0.2) is 29.3 Å². The van der Waals surface area contributed by atoms with E-state index in [1.165, 1.54) is 12.1 Å². The van der Waals surface area contributed by atoms with E-state index in [0.29, 0.717) is 25.6 Å². The van der Waals surface area contributed by atoms with E-state index in [2.05, 4.69) is 26.3 Å². The van der Waals surface area contributed by atoms with Crippen molar-refractivity contribution >= 4 is 23.2 Å². The van der Waals surface area contributed by atoms with Crippen molar-refractivity contribution in [2.24, 2.45) is 4.99 Å². The van der Waals surface area contributed by atoms with Gasteiger partial charge in [0.2, 0.25) is 5.91 Å². The highest BCUT2D eigenvalue weighted by Gasteiger charge is 2.13. The Kier molecular flexibility index (Phi) is 8.33. The Morgan fingerprint density at radius 2 is 1.81 bits per heavy atom. The summed E-state index contributed by atoms with van der Waals surface area (Å²) in [4.78, 5) is 26.3. The number of amides is 1. The number of guanidine groups is 1. The molecule has 26 heavy (non-hydrogen) atoms. The Balaban J connectivity index is 2.41. The van der Waals surface area contributed by atoms with Gasteiger partial charge in [0.1, 0.15) is 6.54 Å². The lowest BCUT2D eigenvalue weighted by molar-refractivity contribution is -0.384. The van der Waals surface area contributed by atoms with Crippen LogP contribution in [0.25, 0.3) is 0 Å². The number of nitrogens with one attached hydrogen (secondary N) is 4. The molecule has 0 aliphatic heterocycles. The zero-order chi connectivity index (χ0) is 19.6. The largest absolute Gasteiger partial charge is 0.383 e. The van der Waals surface area contributed by atoms with Gasteiger partial charge in [-0.05, 0) is 39.8 Å². The summed E-state index contributed by atoms with van der Waals surface area (Å²) in [6, 6.07) is 6.23. The fourth-order valence-corrected chi connectivity index (χ4v) is 2.04. The summed E-state index contributed by atoms with van der Waals surface area (Å²) in [7, 11) is 0. The minimum Gasteiger partial charge on any atom is -0.383 e. The third-order valence-electron chi connectivity index (χ3n) is 3.06. The predicted molar refractivity (Wildman–Crippen MR) is 103 cm³/mol. The fourth-order valence-electron chi connectivity index (χ4n) is 2.04. The maximum Gasteiger partial charge on any atom is 0.269 e. The second kappa shape index (κ2) is 10.2. The van der Waals surface area contributed by atoms with E-state index >= 15 is 0 Å². The van der Waals surface area contributed by atoms with Crippen LogP contribution in [0.1, 0.15) is 27.7 Å². The number of hydrogen-bond donors (Lipinski definition) is 4. The highest BCUT2D eigenvalue weighted by atomic mass is 16.6. The lowest BCUT2D eigenvalue weighted by atomic mass is 10.1. The maximum atomic E-state index is 11.8. The zero-order valence-corrected chi connectivity index (χ0v) is 15.8. The van der Waals surface area contributed by atoms with E-state index in [4.69, 9.17) is 0 Å². The molecule has 4 N–H and O–H groups in total. The summed E-state index contributed by atoms with van der Waals surface area (Å²) in [5.41, 5.74) is 0.570. The van der Waals surface area contributed by atoms with E-state index in [1.807, 2.05) is 27.7 Å². The Hall–Kier alpha value is -2.84. The van der Waals surface area contributed by atoms with Crippen LogP contribution in [0.2, 0.25) is 0 Å². The van der Waals surface area contributed by atoms with Crippen LogP contribution in [0.4, 0.5) is 11.4 Å². The minimum absolute atomic E-state index is 0.0440. The monoisotopic (exact) mass is 364 g/mol. The number of carbonyl (C=O) groups is 1. The molecule has 1 rings (SSSR count). The summed E-state index contributed by atoms with van der Waals surface area (Å²) in [5.74, 6) is 0.417. The maximum absolute atomic E-state index is 11.8. The van der Waals surface area contributed by atoms with Crippen molar-refractivity contribution in [3.63, 3.8) is 0 Å². The molecule has 0 aliphatic carbocycles. The number of carbonyl (C=O) groups excluding carboxylic acids is 1. The van der Waals surface area contributed by atoms with Gasteiger partial charge in [0, 0.05) is 43.0 Å². The quantitative estimate of drug-likeness (QED) is 0.182. The molecule has 0 saturated heterocycles. The van der Waals surface area contributed by atoms with Crippen LogP contribution in [-0.2, 0) is 4.79 Å². The van der Waals surface area contributed by atoms with E-state index in [-0.39, 0.29) is 23.7 Å². The fraction of sp³-hybridized carbons (Fsp3) is 0.529. The number of anilines is 1. The van der Waals surface area contributed by atoms with Gasteiger partial charge in [0.05, 0.1) is 4.92 Å². The smallest absolute Gasteiger partial charge is 0.269 e. The number of aliphatic imine (C=N–C) groups is 1. The molecule has 0 unspecified atom stereocenters. The molecule has 144 valence electrons. The molecule has 0 bridgehead atoms. The van der Waals surface area contributed by atoms with E-state index < -0.39 is 4.92 Å². The third-order valence-corrected chi connectivity index (χ3v) is 3.06. The molecule has 0 radical (unpaired) electrons. The van der Waals surface area contributed by atoms with Crippen LogP contribution >= 0.6 is 0 Å². The first-order chi connectivity index (χ1) is 12.2. The average molecular weight is 364 g/mol. The van der Waals surface area contributed by atoms with Crippen LogP contribution < -0.4 is 21.3 Å². The van der Waals surface area contributed by atoms with Gasteiger partial charge in [0.15, 0.2) is 5.96 Å². The van der Waals surface area contributed by atoms with Crippen LogP contribution in [0.3, 0.4) is 0 Å². The van der Waals surface area contributed by atoms with Crippen LogP contribution in [0.5, 0.6) is 0 Å². The zero-order valence-electron chi connectivity index (χ0n) is 15.8. The van der Waals surface area contributed by atoms with Crippen molar-refractivity contribution in [1.29, 1.82) is 0 Å². The second-order valence-corrected chi connectivity index (χ2v) is 6.65. The summed E-state index contributed by atoms with van der Waals surface area (Å²) < 4.78 is 0. The minimum atomic E-state index is -0.430.